The van der Waals surface area contributed by atoms with E-state index in [-0.39, 0.29) is 18.0 Å². The molecule has 0 amide bonds. The minimum atomic E-state index is -4.48. The van der Waals surface area contributed by atoms with Crippen molar-refractivity contribution in [2.75, 3.05) is 13.7 Å². The van der Waals surface area contributed by atoms with Gasteiger partial charge in [0.25, 0.3) is 0 Å². The Bertz CT molecular complexity index is 636. The lowest BCUT2D eigenvalue weighted by molar-refractivity contribution is -0.287. The first-order valence-electron chi connectivity index (χ1n) is 7.24. The van der Waals surface area contributed by atoms with Crippen LogP contribution in [0, 0.1) is 0 Å². The Morgan fingerprint density at radius 2 is 2.00 bits per heavy atom. The van der Waals surface area contributed by atoms with Crippen LogP contribution in [-0.2, 0) is 20.4 Å². The lowest BCUT2D eigenvalue weighted by Gasteiger charge is -2.43. The van der Waals surface area contributed by atoms with Crippen molar-refractivity contribution in [3.8, 4) is 0 Å². The van der Waals surface area contributed by atoms with Crippen molar-refractivity contribution in [2.24, 2.45) is 4.99 Å². The van der Waals surface area contributed by atoms with Gasteiger partial charge in [0.1, 0.15) is 18.3 Å². The van der Waals surface area contributed by atoms with E-state index in [0.29, 0.717) is 0 Å². The minimum Gasteiger partial charge on any atom is -0.468 e. The molecule has 1 saturated heterocycles. The van der Waals surface area contributed by atoms with Crippen LogP contribution in [0.15, 0.2) is 29.3 Å². The average Bonchev–Trinajstić information content (AvgIpc) is 2.57. The molecule has 0 aliphatic carbocycles. The summed E-state index contributed by atoms with van der Waals surface area (Å²) < 4.78 is 54.3. The number of fused-ring (bicyclic) bond motifs is 1. The highest BCUT2D eigenvalue weighted by atomic mass is 19.4. The zero-order chi connectivity index (χ0) is 17.5. The smallest absolute Gasteiger partial charge is 0.416 e. The van der Waals surface area contributed by atoms with E-state index < -0.39 is 42.4 Å². The third-order valence-corrected chi connectivity index (χ3v) is 3.97. The number of benzene rings is 1. The van der Waals surface area contributed by atoms with E-state index in [1.54, 1.807) is 0 Å². The van der Waals surface area contributed by atoms with Crippen LogP contribution in [0.1, 0.15) is 11.1 Å². The molecule has 132 valence electrons. The Hall–Kier alpha value is -1.68. The zero-order valence-corrected chi connectivity index (χ0v) is 12.6. The maximum absolute atomic E-state index is 12.8. The molecule has 0 saturated carbocycles. The Balaban J connectivity index is 1.84. The largest absolute Gasteiger partial charge is 0.468 e. The number of methoxy groups -OCH3 is 1. The molecule has 0 bridgehead atoms. The normalized spacial score (nSPS) is 33.4. The van der Waals surface area contributed by atoms with Gasteiger partial charge in [0.05, 0.1) is 12.1 Å². The highest BCUT2D eigenvalue weighted by molar-refractivity contribution is 5.94. The van der Waals surface area contributed by atoms with Gasteiger partial charge in [-0.2, -0.15) is 13.2 Å². The van der Waals surface area contributed by atoms with Crippen LogP contribution in [0.2, 0.25) is 0 Å². The molecule has 2 aliphatic rings. The maximum Gasteiger partial charge on any atom is 0.416 e. The lowest BCUT2D eigenvalue weighted by Crippen LogP contribution is -2.61. The van der Waals surface area contributed by atoms with Gasteiger partial charge in [0, 0.05) is 12.7 Å². The van der Waals surface area contributed by atoms with Crippen molar-refractivity contribution in [2.45, 2.75) is 36.9 Å². The van der Waals surface area contributed by atoms with Gasteiger partial charge < -0.3 is 24.4 Å². The van der Waals surface area contributed by atoms with Gasteiger partial charge in [-0.15, -0.1) is 0 Å². The summed E-state index contributed by atoms with van der Waals surface area (Å²) >= 11 is 0. The van der Waals surface area contributed by atoms with E-state index in [2.05, 4.69) is 4.99 Å². The Morgan fingerprint density at radius 1 is 1.25 bits per heavy atom. The van der Waals surface area contributed by atoms with Gasteiger partial charge in [-0.25, -0.2) is 4.99 Å². The second kappa shape index (κ2) is 6.32. The van der Waals surface area contributed by atoms with Gasteiger partial charge in [0.15, 0.2) is 12.4 Å². The van der Waals surface area contributed by atoms with Crippen molar-refractivity contribution in [3.05, 3.63) is 35.4 Å². The first kappa shape index (κ1) is 17.2. The van der Waals surface area contributed by atoms with Crippen LogP contribution in [0.4, 0.5) is 13.2 Å². The average molecular weight is 347 g/mol. The second-order valence-corrected chi connectivity index (χ2v) is 5.57. The van der Waals surface area contributed by atoms with Gasteiger partial charge in [-0.3, -0.25) is 0 Å². The first-order chi connectivity index (χ1) is 11.3. The molecule has 0 radical (unpaired) electrons. The quantitative estimate of drug-likeness (QED) is 0.832. The molecule has 0 spiro atoms. The molecule has 24 heavy (non-hydrogen) atoms. The van der Waals surface area contributed by atoms with E-state index >= 15 is 0 Å². The fraction of sp³-hybridized carbons (Fsp3) is 0.533. The Morgan fingerprint density at radius 3 is 2.67 bits per heavy atom. The van der Waals surface area contributed by atoms with E-state index in [4.69, 9.17) is 14.2 Å². The maximum atomic E-state index is 12.8. The molecule has 1 aromatic carbocycles. The molecule has 0 unspecified atom stereocenters. The molecule has 2 N–H and O–H groups in total. The number of aliphatic imine (C=N–C) groups is 1. The van der Waals surface area contributed by atoms with Crippen molar-refractivity contribution in [1.82, 2.24) is 0 Å². The summed E-state index contributed by atoms with van der Waals surface area (Å²) in [7, 11) is 1.32. The topological polar surface area (TPSA) is 80.5 Å². The van der Waals surface area contributed by atoms with Crippen LogP contribution >= 0.6 is 0 Å². The van der Waals surface area contributed by atoms with Crippen LogP contribution in [0.5, 0.6) is 0 Å². The fourth-order valence-corrected chi connectivity index (χ4v) is 2.72. The molecule has 9 heteroatoms. The number of hydrogen-bond donors (Lipinski definition) is 2. The van der Waals surface area contributed by atoms with Crippen LogP contribution in [-0.4, -0.2) is 60.5 Å². The summed E-state index contributed by atoms with van der Waals surface area (Å²) in [5.74, 6) is -0.0342. The summed E-state index contributed by atoms with van der Waals surface area (Å²) in [4.78, 5) is 4.09. The van der Waals surface area contributed by atoms with E-state index in [9.17, 15) is 23.4 Å². The number of alkyl halides is 3. The van der Waals surface area contributed by atoms with Crippen molar-refractivity contribution < 1.29 is 37.6 Å². The predicted molar refractivity (Wildman–Crippen MR) is 75.4 cm³/mol. The third kappa shape index (κ3) is 3.12. The zero-order valence-electron chi connectivity index (χ0n) is 12.6. The second-order valence-electron chi connectivity index (χ2n) is 5.57. The Kier molecular flexibility index (Phi) is 4.52. The molecule has 1 aromatic rings. The monoisotopic (exact) mass is 347 g/mol. The lowest BCUT2D eigenvalue weighted by atomic mass is 9.97. The highest BCUT2D eigenvalue weighted by Crippen LogP contribution is 2.31. The van der Waals surface area contributed by atoms with Gasteiger partial charge in [-0.1, -0.05) is 6.07 Å². The summed E-state index contributed by atoms with van der Waals surface area (Å²) in [5.41, 5.74) is -0.688. The minimum absolute atomic E-state index is 0.0342. The van der Waals surface area contributed by atoms with E-state index in [1.165, 1.54) is 19.2 Å². The number of nitrogens with zero attached hydrogens (tertiary/aromatic N) is 1. The summed E-state index contributed by atoms with van der Waals surface area (Å²) in [5, 5.41) is 20.1. The molecule has 2 heterocycles. The van der Waals surface area contributed by atoms with E-state index in [0.717, 1.165) is 12.1 Å². The van der Waals surface area contributed by atoms with E-state index in [1.807, 2.05) is 0 Å². The number of hydrogen-bond acceptors (Lipinski definition) is 6. The van der Waals surface area contributed by atoms with Crippen molar-refractivity contribution in [3.63, 3.8) is 0 Å². The van der Waals surface area contributed by atoms with Crippen LogP contribution < -0.4 is 0 Å². The fourth-order valence-electron chi connectivity index (χ4n) is 2.72. The molecular formula is C15H16F3NO5. The number of halogens is 3. The number of aliphatic hydroxyl groups excluding tert-OH is 2. The Labute approximate surface area is 135 Å². The SMILES string of the molecule is CO[C@H]1O[C@@H]2CN=C(c3cccc(C(F)(F)F)c3)O[C@H]2[C@H](O)[C@H]1O. The van der Waals surface area contributed by atoms with Gasteiger partial charge in [0.2, 0.25) is 5.90 Å². The summed E-state index contributed by atoms with van der Waals surface area (Å²) in [6, 6.07) is 4.55. The van der Waals surface area contributed by atoms with Crippen LogP contribution in [0.25, 0.3) is 0 Å². The van der Waals surface area contributed by atoms with Crippen LogP contribution in [0.3, 0.4) is 0 Å². The van der Waals surface area contributed by atoms with Crippen molar-refractivity contribution >= 4 is 5.90 Å². The van der Waals surface area contributed by atoms with Gasteiger partial charge in [-0.05, 0) is 18.2 Å². The van der Waals surface area contributed by atoms with Gasteiger partial charge >= 0.3 is 6.18 Å². The number of ether oxygens (including phenoxy) is 3. The summed E-state index contributed by atoms with van der Waals surface area (Å²) in [6.45, 7) is 0.0693. The third-order valence-electron chi connectivity index (χ3n) is 3.97. The highest BCUT2D eigenvalue weighted by Gasteiger charge is 2.48. The predicted octanol–water partition coefficient (Wildman–Crippen LogP) is 0.944. The van der Waals surface area contributed by atoms with Crippen molar-refractivity contribution in [1.29, 1.82) is 0 Å². The standard InChI is InChI=1S/C15H16F3NO5/c1-22-14-11(21)10(20)12-9(23-14)6-19-13(24-12)7-3-2-4-8(5-7)15(16,17)18/h2-5,9-12,14,20-21H,6H2,1H3/t9-,10-,11-,12-,14+/m1/s1. The molecule has 5 atom stereocenters. The molecule has 1 fully saturated rings. The molecule has 2 aliphatic heterocycles. The number of rotatable bonds is 2. The molecule has 6 nitrogen and oxygen atoms in total. The summed E-state index contributed by atoms with van der Waals surface area (Å²) in [6.07, 6.45) is -9.77. The molecular weight excluding hydrogens is 331 g/mol. The molecule has 0 aromatic heterocycles. The number of aliphatic hydroxyl groups is 2. The molecule has 3 rings (SSSR count). The first-order valence-corrected chi connectivity index (χ1v) is 7.24.